The lowest BCUT2D eigenvalue weighted by Gasteiger charge is -2.09. The van der Waals surface area contributed by atoms with Crippen molar-refractivity contribution in [1.82, 2.24) is 4.44 Å². The van der Waals surface area contributed by atoms with Crippen LogP contribution < -0.4 is 0 Å². The first kappa shape index (κ1) is 14.0. The van der Waals surface area contributed by atoms with Gasteiger partial charge in [-0.25, -0.2) is 0 Å². The fraction of sp³-hybridized carbons (Fsp3) is 0.455. The highest BCUT2D eigenvalue weighted by Gasteiger charge is 1.96. The van der Waals surface area contributed by atoms with Crippen molar-refractivity contribution in [3.63, 3.8) is 0 Å². The van der Waals surface area contributed by atoms with E-state index in [2.05, 4.69) is 50.0 Å². The van der Waals surface area contributed by atoms with Gasteiger partial charge in [0.1, 0.15) is 0 Å². The van der Waals surface area contributed by atoms with Gasteiger partial charge in [0.2, 0.25) is 0 Å². The molecule has 1 nitrogen and oxygen atoms in total. The van der Waals surface area contributed by atoms with Gasteiger partial charge in [0, 0.05) is 6.54 Å². The second kappa shape index (κ2) is 8.36. The lowest BCUT2D eigenvalue weighted by Crippen LogP contribution is -2.03. The minimum Gasteiger partial charge on any atom is -0.272 e. The molecule has 0 aliphatic rings. The summed E-state index contributed by atoms with van der Waals surface area (Å²) < 4.78 is 2.05. The number of aryl methyl sites for hydroxylation is 1. The number of rotatable bonds is 3. The summed E-state index contributed by atoms with van der Waals surface area (Å²) in [5.74, 6) is 0. The molecule has 1 rings (SSSR count). The van der Waals surface area contributed by atoms with E-state index in [1.807, 2.05) is 18.3 Å². The van der Waals surface area contributed by atoms with E-state index in [9.17, 15) is 0 Å². The van der Waals surface area contributed by atoms with Gasteiger partial charge in [-0.05, 0) is 24.5 Å². The molecule has 0 saturated carbocycles. The number of benzene rings is 1. The third kappa shape index (κ3) is 5.70. The van der Waals surface area contributed by atoms with E-state index in [1.165, 1.54) is 11.1 Å². The maximum Gasteiger partial charge on any atom is 0.00914 e. The Morgan fingerprint density at radius 3 is 2.21 bits per heavy atom. The first-order valence-electron chi connectivity index (χ1n) is 5.01. The molecule has 2 unspecified atom stereocenters. The second-order valence-electron chi connectivity index (χ2n) is 2.91. The largest absolute Gasteiger partial charge is 0.272 e. The third-order valence-corrected chi connectivity index (χ3v) is 2.42. The zero-order chi connectivity index (χ0) is 11.0. The first-order valence-corrected chi connectivity index (χ1v) is 6.05. The summed E-state index contributed by atoms with van der Waals surface area (Å²) in [5.41, 5.74) is 2.82. The van der Waals surface area contributed by atoms with E-state index in [-0.39, 0.29) is 0 Å². The summed E-state index contributed by atoms with van der Waals surface area (Å²) in [6.45, 7) is 7.21. The molecule has 0 bridgehead atoms. The first-order chi connectivity index (χ1) is 6.70. The lowest BCUT2D eigenvalue weighted by molar-refractivity contribution is 0.724. The molecule has 0 aromatic heterocycles. The molecule has 0 aliphatic carbocycles. The molecule has 0 amide bonds. The van der Waals surface area contributed by atoms with Crippen LogP contribution in [0.1, 0.15) is 25.0 Å². The molecule has 0 fully saturated rings. The molecule has 2 atom stereocenters. The third-order valence-electron chi connectivity index (χ3n) is 1.90. The van der Waals surface area contributed by atoms with Gasteiger partial charge in [-0.1, -0.05) is 56.9 Å². The lowest BCUT2D eigenvalue weighted by atomic mass is 10.1. The molecule has 0 N–H and O–H groups in total. The highest BCUT2D eigenvalue weighted by atomic mass is 31.1. The maximum absolute atomic E-state index is 2.64. The average Bonchev–Trinajstić information content (AvgIpc) is 2.19. The Kier molecular flexibility index (Phi) is 8.38. The molecule has 0 spiro atoms. The van der Waals surface area contributed by atoms with Crippen LogP contribution >= 0.6 is 18.8 Å². The van der Waals surface area contributed by atoms with Crippen LogP contribution in [0.15, 0.2) is 24.3 Å². The van der Waals surface area contributed by atoms with Gasteiger partial charge >= 0.3 is 0 Å². The minimum atomic E-state index is 1.06. The number of hydrogen-bond acceptors (Lipinski definition) is 1. The smallest absolute Gasteiger partial charge is 0.00914 e. The van der Waals surface area contributed by atoms with Crippen LogP contribution in [0.3, 0.4) is 0 Å². The van der Waals surface area contributed by atoms with Crippen molar-refractivity contribution in [3.05, 3.63) is 35.4 Å². The molecule has 1 aromatic rings. The topological polar surface area (TPSA) is 3.24 Å². The highest BCUT2D eigenvalue weighted by Crippen LogP contribution is 2.11. The summed E-state index contributed by atoms with van der Waals surface area (Å²) >= 11 is 0. The minimum absolute atomic E-state index is 1.06. The molecule has 0 saturated heterocycles. The Morgan fingerprint density at radius 2 is 1.71 bits per heavy atom. The summed E-state index contributed by atoms with van der Waals surface area (Å²) in [6.07, 6.45) is 1.11. The van der Waals surface area contributed by atoms with Crippen LogP contribution in [0.5, 0.6) is 0 Å². The van der Waals surface area contributed by atoms with E-state index in [4.69, 9.17) is 0 Å². The Balaban J connectivity index is 0.000000791. The van der Waals surface area contributed by atoms with Crippen molar-refractivity contribution in [2.75, 3.05) is 6.54 Å². The molecular weight excluding hydrogens is 208 g/mol. The van der Waals surface area contributed by atoms with Gasteiger partial charge in [0.05, 0.1) is 0 Å². The Labute approximate surface area is 92.8 Å². The van der Waals surface area contributed by atoms with E-state index in [0.717, 1.165) is 13.0 Å². The monoisotopic (exact) mass is 229 g/mol. The summed E-state index contributed by atoms with van der Waals surface area (Å²) in [7, 11) is 5.28. The van der Waals surface area contributed by atoms with E-state index in [0.29, 0.717) is 0 Å². The van der Waals surface area contributed by atoms with Crippen molar-refractivity contribution in [2.45, 2.75) is 27.2 Å². The fourth-order valence-electron chi connectivity index (χ4n) is 1.14. The summed E-state index contributed by atoms with van der Waals surface area (Å²) in [4.78, 5) is 0. The molecule has 0 aliphatic heterocycles. The van der Waals surface area contributed by atoms with Crippen molar-refractivity contribution >= 4 is 18.8 Å². The number of hydrogen-bond donors (Lipinski definition) is 0. The molecule has 0 radical (unpaired) electrons. The van der Waals surface area contributed by atoms with Crippen LogP contribution in [-0.4, -0.2) is 11.0 Å². The Hall–Kier alpha value is 0.0400. The van der Waals surface area contributed by atoms with Crippen LogP contribution in [0.2, 0.25) is 0 Å². The zero-order valence-corrected chi connectivity index (χ0v) is 11.6. The number of nitrogens with zero attached hydrogens (tertiary/aromatic N) is 1. The predicted molar refractivity (Wildman–Crippen MR) is 72.4 cm³/mol. The second-order valence-corrected chi connectivity index (χ2v) is 4.84. The van der Waals surface area contributed by atoms with Gasteiger partial charge in [0.25, 0.3) is 0 Å². The quantitative estimate of drug-likeness (QED) is 0.717. The zero-order valence-electron chi connectivity index (χ0n) is 9.33. The van der Waals surface area contributed by atoms with E-state index >= 15 is 0 Å². The van der Waals surface area contributed by atoms with Gasteiger partial charge in [-0.2, -0.15) is 0 Å². The fourth-order valence-corrected chi connectivity index (χ4v) is 1.40. The van der Waals surface area contributed by atoms with Gasteiger partial charge in [-0.3, -0.25) is 4.44 Å². The molecule has 1 aromatic carbocycles. The van der Waals surface area contributed by atoms with Crippen molar-refractivity contribution < 1.29 is 0 Å². The average molecular weight is 229 g/mol. The summed E-state index contributed by atoms with van der Waals surface area (Å²) in [5, 5.41) is 0. The Bertz CT molecular complexity index is 249. The normalized spacial score (nSPS) is 9.57. The van der Waals surface area contributed by atoms with E-state index in [1.54, 1.807) is 0 Å². The molecule has 0 heterocycles. The summed E-state index contributed by atoms with van der Waals surface area (Å²) in [6, 6.07) is 8.52. The SMILES string of the molecule is CC.Cc1ccccc1CCN(P)P. The van der Waals surface area contributed by atoms with Gasteiger partial charge < -0.3 is 0 Å². The molecular formula is C11H21NP2. The molecule has 3 heteroatoms. The van der Waals surface area contributed by atoms with Crippen molar-refractivity contribution in [2.24, 2.45) is 0 Å². The standard InChI is InChI=1S/C9H15NP2.C2H6/c1-8-4-2-3-5-9(8)6-7-10(11)12;1-2/h2-5H,6-7,11-12H2,1H3;1-2H3. The maximum atomic E-state index is 2.64. The predicted octanol–water partition coefficient (Wildman–Crippen LogP) is 3.45. The van der Waals surface area contributed by atoms with Crippen LogP contribution in [0.4, 0.5) is 0 Å². The molecule has 14 heavy (non-hydrogen) atoms. The van der Waals surface area contributed by atoms with Crippen LogP contribution in [-0.2, 0) is 6.42 Å². The highest BCUT2D eigenvalue weighted by molar-refractivity contribution is 7.30. The Morgan fingerprint density at radius 1 is 1.14 bits per heavy atom. The van der Waals surface area contributed by atoms with Crippen molar-refractivity contribution in [1.29, 1.82) is 0 Å². The van der Waals surface area contributed by atoms with Gasteiger partial charge in [-0.15, -0.1) is 0 Å². The van der Waals surface area contributed by atoms with Crippen molar-refractivity contribution in [3.8, 4) is 0 Å². The van der Waals surface area contributed by atoms with Crippen LogP contribution in [0, 0.1) is 6.92 Å². The molecule has 80 valence electrons. The van der Waals surface area contributed by atoms with Gasteiger partial charge in [0.15, 0.2) is 0 Å². The van der Waals surface area contributed by atoms with Crippen LogP contribution in [0.25, 0.3) is 0 Å². The van der Waals surface area contributed by atoms with E-state index < -0.39 is 0 Å².